The Bertz CT molecular complexity index is 1180. The summed E-state index contributed by atoms with van der Waals surface area (Å²) >= 11 is 0. The minimum atomic E-state index is -2.74. The Labute approximate surface area is 224 Å². The summed E-state index contributed by atoms with van der Waals surface area (Å²) in [6.07, 6.45) is 0.738. The number of aryl methyl sites for hydroxylation is 1. The molecule has 0 spiro atoms. The van der Waals surface area contributed by atoms with Crippen LogP contribution < -0.4 is 10.4 Å². The highest BCUT2D eigenvalue weighted by atomic mass is 32.2. The van der Waals surface area contributed by atoms with Gasteiger partial charge in [-0.25, -0.2) is 4.21 Å². The van der Waals surface area contributed by atoms with Crippen LogP contribution in [0.1, 0.15) is 40.2 Å². The molecule has 3 aromatic carbocycles. The van der Waals surface area contributed by atoms with Gasteiger partial charge in [-0.3, -0.25) is 0 Å². The second kappa shape index (κ2) is 11.1. The van der Waals surface area contributed by atoms with Crippen molar-refractivity contribution in [2.24, 2.45) is 4.40 Å². The second-order valence-corrected chi connectivity index (χ2v) is 16.4. The summed E-state index contributed by atoms with van der Waals surface area (Å²) < 4.78 is 36.6. The molecule has 0 bridgehead atoms. The van der Waals surface area contributed by atoms with Gasteiger partial charge in [0.15, 0.2) is 16.8 Å². The Kier molecular flexibility index (Phi) is 8.31. The van der Waals surface area contributed by atoms with E-state index in [1.165, 1.54) is 10.4 Å². The molecule has 0 aliphatic carbocycles. The van der Waals surface area contributed by atoms with Crippen LogP contribution in [0, 0.1) is 6.92 Å². The van der Waals surface area contributed by atoms with E-state index in [1.54, 1.807) is 6.21 Å². The SMILES string of the molecule is Cc1ccc(S(=O)/N=C/[C@@H]2OC(C)(C)O[C@H]2CO[Si](c2ccccc2)(c2ccccc2)C(C)(C)C)cc1. The van der Waals surface area contributed by atoms with Gasteiger partial charge in [-0.05, 0) is 48.3 Å². The normalized spacial score (nSPS) is 20.8. The maximum atomic E-state index is 12.8. The zero-order valence-electron chi connectivity index (χ0n) is 22.5. The van der Waals surface area contributed by atoms with Crippen molar-refractivity contribution in [2.45, 2.75) is 69.5 Å². The van der Waals surface area contributed by atoms with Crippen molar-refractivity contribution in [1.82, 2.24) is 0 Å². The van der Waals surface area contributed by atoms with E-state index in [9.17, 15) is 4.21 Å². The summed E-state index contributed by atoms with van der Waals surface area (Å²) in [6.45, 7) is 12.8. The third-order valence-corrected chi connectivity index (χ3v) is 12.6. The number of hydrogen-bond acceptors (Lipinski definition) is 4. The summed E-state index contributed by atoms with van der Waals surface area (Å²) in [5, 5.41) is 2.26. The van der Waals surface area contributed by atoms with Gasteiger partial charge < -0.3 is 13.9 Å². The first-order chi connectivity index (χ1) is 17.5. The lowest BCUT2D eigenvalue weighted by atomic mass is 10.2. The highest BCUT2D eigenvalue weighted by Crippen LogP contribution is 2.38. The van der Waals surface area contributed by atoms with Crippen molar-refractivity contribution in [3.05, 3.63) is 90.5 Å². The van der Waals surface area contributed by atoms with Gasteiger partial charge in [0.1, 0.15) is 12.2 Å². The van der Waals surface area contributed by atoms with Gasteiger partial charge >= 0.3 is 0 Å². The van der Waals surface area contributed by atoms with Crippen molar-refractivity contribution >= 4 is 35.9 Å². The Morgan fingerprint density at radius 3 is 1.97 bits per heavy atom. The highest BCUT2D eigenvalue weighted by molar-refractivity contribution is 7.83. The highest BCUT2D eigenvalue weighted by Gasteiger charge is 2.51. The molecule has 1 unspecified atom stereocenters. The largest absolute Gasteiger partial charge is 0.405 e. The Morgan fingerprint density at radius 2 is 1.46 bits per heavy atom. The molecule has 196 valence electrons. The van der Waals surface area contributed by atoms with Crippen molar-refractivity contribution in [3.8, 4) is 0 Å². The molecular formula is C30H37NO4SSi. The molecule has 1 saturated heterocycles. The van der Waals surface area contributed by atoms with Crippen LogP contribution >= 0.6 is 0 Å². The van der Waals surface area contributed by atoms with Gasteiger partial charge in [0.25, 0.3) is 8.32 Å². The minimum Gasteiger partial charge on any atom is -0.405 e. The Balaban J connectivity index is 1.63. The van der Waals surface area contributed by atoms with E-state index in [-0.39, 0.29) is 5.04 Å². The maximum Gasteiger partial charge on any atom is 0.261 e. The van der Waals surface area contributed by atoms with E-state index in [0.29, 0.717) is 11.5 Å². The monoisotopic (exact) mass is 535 g/mol. The molecule has 1 heterocycles. The summed E-state index contributed by atoms with van der Waals surface area (Å²) in [5.74, 6) is -0.804. The zero-order valence-corrected chi connectivity index (χ0v) is 24.3. The van der Waals surface area contributed by atoms with Gasteiger partial charge in [0, 0.05) is 6.21 Å². The molecule has 0 N–H and O–H groups in total. The van der Waals surface area contributed by atoms with Crippen LogP contribution in [-0.2, 0) is 24.9 Å². The summed E-state index contributed by atoms with van der Waals surface area (Å²) in [6, 6.07) is 28.6. The van der Waals surface area contributed by atoms with Crippen molar-refractivity contribution < 1.29 is 18.1 Å². The van der Waals surface area contributed by atoms with Gasteiger partial charge in [0.2, 0.25) is 0 Å². The molecule has 3 atom stereocenters. The fraction of sp³-hybridized carbons (Fsp3) is 0.367. The second-order valence-electron chi connectivity index (χ2n) is 10.9. The van der Waals surface area contributed by atoms with Crippen LogP contribution in [0.5, 0.6) is 0 Å². The number of ether oxygens (including phenoxy) is 2. The summed E-state index contributed by atoms with van der Waals surface area (Å²) in [5.41, 5.74) is 1.11. The molecule has 0 aromatic heterocycles. The zero-order chi connectivity index (χ0) is 26.7. The topological polar surface area (TPSA) is 57.1 Å². The lowest BCUT2D eigenvalue weighted by molar-refractivity contribution is -0.144. The molecule has 37 heavy (non-hydrogen) atoms. The average Bonchev–Trinajstić information content (AvgIpc) is 3.17. The van der Waals surface area contributed by atoms with Gasteiger partial charge in [-0.15, -0.1) is 0 Å². The fourth-order valence-electron chi connectivity index (χ4n) is 4.92. The molecule has 1 aliphatic heterocycles. The van der Waals surface area contributed by atoms with E-state index >= 15 is 0 Å². The van der Waals surface area contributed by atoms with Crippen molar-refractivity contribution in [3.63, 3.8) is 0 Å². The van der Waals surface area contributed by atoms with Crippen LogP contribution in [0.3, 0.4) is 0 Å². The molecule has 1 aliphatic rings. The molecule has 0 saturated carbocycles. The molecule has 7 heteroatoms. The molecule has 4 rings (SSSR count). The Morgan fingerprint density at radius 1 is 0.919 bits per heavy atom. The first-order valence-electron chi connectivity index (χ1n) is 12.7. The summed E-state index contributed by atoms with van der Waals surface area (Å²) in [4.78, 5) is 0.653. The van der Waals surface area contributed by atoms with Crippen LogP contribution in [-0.4, -0.2) is 43.3 Å². The maximum absolute atomic E-state index is 12.8. The first kappa shape index (κ1) is 27.6. The molecule has 1 fully saturated rings. The van der Waals surface area contributed by atoms with Gasteiger partial charge in [0.05, 0.1) is 11.5 Å². The number of hydrogen-bond donors (Lipinski definition) is 0. The van der Waals surface area contributed by atoms with Crippen LogP contribution in [0.15, 0.2) is 94.2 Å². The number of rotatable bonds is 8. The van der Waals surface area contributed by atoms with E-state index in [1.807, 2.05) is 57.2 Å². The van der Waals surface area contributed by atoms with Crippen molar-refractivity contribution in [2.75, 3.05) is 6.61 Å². The standard InChI is InChI=1S/C30H37NO4SSi/c1-23-17-19-24(20-18-23)36(32)31-21-27-28(35-30(5,6)34-27)22-33-37(29(2,3)4,25-13-9-7-10-14-25)26-15-11-8-12-16-26/h7-21,27-28H,22H2,1-6H3/b31-21+/t27-,28-,36?/m0/s1. The molecule has 0 amide bonds. The number of nitrogens with zero attached hydrogens (tertiary/aromatic N) is 1. The number of benzene rings is 3. The molecule has 3 aromatic rings. The van der Waals surface area contributed by atoms with Gasteiger partial charge in [-0.1, -0.05) is 99.1 Å². The molecule has 0 radical (unpaired) electrons. The van der Waals surface area contributed by atoms with Crippen LogP contribution in [0.4, 0.5) is 0 Å². The lowest BCUT2D eigenvalue weighted by Gasteiger charge is -2.43. The van der Waals surface area contributed by atoms with E-state index < -0.39 is 37.3 Å². The smallest absolute Gasteiger partial charge is 0.261 e. The minimum absolute atomic E-state index is 0.152. The summed E-state index contributed by atoms with van der Waals surface area (Å²) in [7, 11) is -4.26. The predicted octanol–water partition coefficient (Wildman–Crippen LogP) is 5.19. The average molecular weight is 536 g/mol. The van der Waals surface area contributed by atoms with Crippen molar-refractivity contribution in [1.29, 1.82) is 0 Å². The third kappa shape index (κ3) is 6.18. The van der Waals surface area contributed by atoms with E-state index in [2.05, 4.69) is 73.7 Å². The van der Waals surface area contributed by atoms with Crippen LogP contribution in [0.2, 0.25) is 5.04 Å². The molecule has 5 nitrogen and oxygen atoms in total. The third-order valence-electron chi connectivity index (χ3n) is 6.63. The Hall–Kier alpha value is -2.42. The van der Waals surface area contributed by atoms with E-state index in [4.69, 9.17) is 13.9 Å². The first-order valence-corrected chi connectivity index (χ1v) is 15.7. The predicted molar refractivity (Wildman–Crippen MR) is 153 cm³/mol. The van der Waals surface area contributed by atoms with E-state index in [0.717, 1.165) is 5.56 Å². The lowest BCUT2D eigenvalue weighted by Crippen LogP contribution is -2.67. The quantitative estimate of drug-likeness (QED) is 0.294. The fourth-order valence-corrected chi connectivity index (χ4v) is 10.2. The van der Waals surface area contributed by atoms with Gasteiger partial charge in [-0.2, -0.15) is 4.40 Å². The molecular weight excluding hydrogens is 498 g/mol. The van der Waals surface area contributed by atoms with Crippen LogP contribution in [0.25, 0.3) is 0 Å².